The number of amides is 2. The summed E-state index contributed by atoms with van der Waals surface area (Å²) in [6, 6.07) is 2.53. The number of rotatable bonds is 8. The van der Waals surface area contributed by atoms with Crippen LogP contribution in [-0.2, 0) is 19.1 Å². The third-order valence-corrected chi connectivity index (χ3v) is 6.14. The van der Waals surface area contributed by atoms with E-state index in [-0.39, 0.29) is 42.9 Å². The van der Waals surface area contributed by atoms with Crippen LogP contribution in [0, 0.1) is 10.1 Å². The van der Waals surface area contributed by atoms with Crippen LogP contribution in [0.25, 0.3) is 10.9 Å². The Kier molecular flexibility index (Phi) is 9.69. The van der Waals surface area contributed by atoms with Gasteiger partial charge in [-0.15, -0.1) is 0 Å². The first-order chi connectivity index (χ1) is 19.5. The van der Waals surface area contributed by atoms with Gasteiger partial charge in [0.1, 0.15) is 23.9 Å². The van der Waals surface area contributed by atoms with Gasteiger partial charge in [-0.25, -0.2) is 9.18 Å². The second kappa shape index (κ2) is 12.7. The van der Waals surface area contributed by atoms with Gasteiger partial charge in [0.05, 0.1) is 28.1 Å². The fourth-order valence-corrected chi connectivity index (χ4v) is 4.35. The van der Waals surface area contributed by atoms with Gasteiger partial charge in [0.2, 0.25) is 0 Å². The van der Waals surface area contributed by atoms with Gasteiger partial charge in [-0.1, -0.05) is 0 Å². The minimum atomic E-state index is -1.50. The van der Waals surface area contributed by atoms with Crippen molar-refractivity contribution in [2.75, 3.05) is 37.8 Å². The summed E-state index contributed by atoms with van der Waals surface area (Å²) in [5.41, 5.74) is -1.12. The van der Waals surface area contributed by atoms with Gasteiger partial charge in [-0.3, -0.25) is 29.5 Å². The van der Waals surface area contributed by atoms with E-state index in [1.165, 1.54) is 29.3 Å². The van der Waals surface area contributed by atoms with Crippen LogP contribution in [0.3, 0.4) is 0 Å². The summed E-state index contributed by atoms with van der Waals surface area (Å²) >= 11 is 0. The summed E-state index contributed by atoms with van der Waals surface area (Å²) in [4.78, 5) is 69.3. The molecule has 0 bridgehead atoms. The first kappa shape index (κ1) is 32.2. The number of nitrogens with one attached hydrogen (secondary N) is 1. The molecule has 1 aliphatic rings. The fraction of sp³-hybridized carbons (Fsp3) is 0.536. The predicted molar refractivity (Wildman–Crippen MR) is 151 cm³/mol. The Bertz CT molecular complexity index is 1380. The molecule has 2 heterocycles. The molecule has 3 rings (SSSR count). The highest BCUT2D eigenvalue weighted by atomic mass is 19.1. The molecule has 1 aromatic carbocycles. The number of hydrogen-bond acceptors (Lipinski definition) is 10. The maximum Gasteiger partial charge on any atom is 0.410 e. The van der Waals surface area contributed by atoms with Crippen LogP contribution in [0.15, 0.2) is 24.4 Å². The van der Waals surface area contributed by atoms with Gasteiger partial charge in [0, 0.05) is 49.9 Å². The number of ether oxygens (including phenoxy) is 2. The number of aromatic nitrogens is 1. The third-order valence-electron chi connectivity index (χ3n) is 6.14. The fourth-order valence-electron chi connectivity index (χ4n) is 4.35. The van der Waals surface area contributed by atoms with Crippen LogP contribution in [0.4, 0.5) is 20.6 Å². The van der Waals surface area contributed by atoms with Gasteiger partial charge in [-0.2, -0.15) is 0 Å². The van der Waals surface area contributed by atoms with Crippen molar-refractivity contribution in [3.63, 3.8) is 0 Å². The van der Waals surface area contributed by atoms with Gasteiger partial charge < -0.3 is 24.6 Å². The molecule has 1 N–H and O–H groups in total. The molecular formula is C28H36FN5O8. The van der Waals surface area contributed by atoms with Crippen LogP contribution < -0.4 is 10.2 Å². The topological polar surface area (TPSA) is 161 Å². The van der Waals surface area contributed by atoms with E-state index in [1.807, 2.05) is 4.90 Å². The van der Waals surface area contributed by atoms with Gasteiger partial charge in [-0.05, 0) is 47.6 Å². The molecule has 228 valence electrons. The molecule has 0 aliphatic carbocycles. The average Bonchev–Trinajstić information content (AvgIpc) is 2.89. The number of Topliss-reactive ketones (excluding diaryl/α,β-unsaturated/α-hetero) is 1. The Morgan fingerprint density at radius 3 is 2.21 bits per heavy atom. The summed E-state index contributed by atoms with van der Waals surface area (Å²) in [7, 11) is 0. The van der Waals surface area contributed by atoms with Crippen molar-refractivity contribution in [1.29, 1.82) is 0 Å². The first-order valence-electron chi connectivity index (χ1n) is 13.4. The molecule has 0 radical (unpaired) electrons. The standard InChI is InChI=1S/C28H36FN5O8/c1-27(2,3)41-23(36)14-21(22(35)15-29)31-25(37)19-16-30-20-13-17(34(39)40)7-8-18(20)24(19)32-9-11-33(12-10-32)26(38)42-28(4,5)6/h7-8,13,16,21H,9-12,14-15H2,1-6H3,(H,31,37). The number of esters is 1. The summed E-state index contributed by atoms with van der Waals surface area (Å²) in [5, 5.41) is 14.2. The van der Waals surface area contributed by atoms with Crippen LogP contribution in [0.1, 0.15) is 58.3 Å². The molecule has 13 nitrogen and oxygen atoms in total. The molecule has 0 saturated carbocycles. The summed E-state index contributed by atoms with van der Waals surface area (Å²) in [5.74, 6) is -2.61. The molecular weight excluding hydrogens is 553 g/mol. The minimum absolute atomic E-state index is 0.00270. The van der Waals surface area contributed by atoms with E-state index >= 15 is 0 Å². The third kappa shape index (κ3) is 8.33. The Hall–Kier alpha value is -4.36. The van der Waals surface area contributed by atoms with Crippen molar-refractivity contribution in [1.82, 2.24) is 15.2 Å². The normalized spacial score (nSPS) is 14.7. The molecule has 1 atom stereocenters. The Labute approximate surface area is 242 Å². The molecule has 1 unspecified atom stereocenters. The molecule has 2 amide bonds. The predicted octanol–water partition coefficient (Wildman–Crippen LogP) is 3.57. The van der Waals surface area contributed by atoms with Crippen molar-refractivity contribution in [2.24, 2.45) is 0 Å². The second-order valence-electron chi connectivity index (χ2n) is 11.9. The largest absolute Gasteiger partial charge is 0.460 e. The van der Waals surface area contributed by atoms with E-state index in [2.05, 4.69) is 10.3 Å². The number of pyridine rings is 1. The SMILES string of the molecule is CC(C)(C)OC(=O)CC(NC(=O)c1cnc2cc([N+](=O)[O-])ccc2c1N1CCN(C(=O)OC(C)(C)C)CC1)C(=O)CF. The number of piperazine rings is 1. The van der Waals surface area contributed by atoms with Crippen molar-refractivity contribution < 1.29 is 38.0 Å². The highest BCUT2D eigenvalue weighted by Gasteiger charge is 2.32. The minimum Gasteiger partial charge on any atom is -0.460 e. The van der Waals surface area contributed by atoms with Crippen LogP contribution in [0.2, 0.25) is 0 Å². The number of nitro benzene ring substituents is 1. The Balaban J connectivity index is 1.96. The number of benzene rings is 1. The lowest BCUT2D eigenvalue weighted by Gasteiger charge is -2.37. The van der Waals surface area contributed by atoms with E-state index in [1.54, 1.807) is 41.5 Å². The lowest BCUT2D eigenvalue weighted by atomic mass is 10.0. The number of alkyl halides is 1. The Morgan fingerprint density at radius 1 is 1.05 bits per heavy atom. The van der Waals surface area contributed by atoms with Crippen LogP contribution >= 0.6 is 0 Å². The number of hydrogen-bond donors (Lipinski definition) is 1. The maximum absolute atomic E-state index is 13.6. The summed E-state index contributed by atoms with van der Waals surface area (Å²) < 4.78 is 24.1. The number of carbonyl (C=O) groups excluding carboxylic acids is 4. The van der Waals surface area contributed by atoms with Crippen molar-refractivity contribution in [2.45, 2.75) is 65.2 Å². The molecule has 0 spiro atoms. The van der Waals surface area contributed by atoms with Crippen LogP contribution in [0.5, 0.6) is 0 Å². The Morgan fingerprint density at radius 2 is 1.67 bits per heavy atom. The number of fused-ring (bicyclic) bond motifs is 1. The first-order valence-corrected chi connectivity index (χ1v) is 13.4. The number of halogens is 1. The van der Waals surface area contributed by atoms with E-state index in [0.717, 1.165) is 0 Å². The molecule has 42 heavy (non-hydrogen) atoms. The van der Waals surface area contributed by atoms with Crippen molar-refractivity contribution >= 4 is 46.0 Å². The number of nitrogens with zero attached hydrogens (tertiary/aromatic N) is 4. The molecule has 1 saturated heterocycles. The highest BCUT2D eigenvalue weighted by molar-refractivity contribution is 6.09. The van der Waals surface area contributed by atoms with Gasteiger partial charge >= 0.3 is 12.1 Å². The average molecular weight is 590 g/mol. The zero-order chi connectivity index (χ0) is 31.4. The molecule has 2 aromatic rings. The molecule has 1 aromatic heterocycles. The van der Waals surface area contributed by atoms with Gasteiger partial charge in [0.25, 0.3) is 11.6 Å². The number of non-ortho nitro benzene ring substituents is 1. The lowest BCUT2D eigenvalue weighted by Crippen LogP contribution is -2.50. The zero-order valence-corrected chi connectivity index (χ0v) is 24.6. The van der Waals surface area contributed by atoms with E-state index < -0.39 is 59.0 Å². The van der Waals surface area contributed by atoms with Crippen molar-refractivity contribution in [3.05, 3.63) is 40.1 Å². The highest BCUT2D eigenvalue weighted by Crippen LogP contribution is 2.33. The van der Waals surface area contributed by atoms with Gasteiger partial charge in [0.15, 0.2) is 5.78 Å². The quantitative estimate of drug-likeness (QED) is 0.274. The molecule has 14 heteroatoms. The zero-order valence-electron chi connectivity index (χ0n) is 24.6. The monoisotopic (exact) mass is 589 g/mol. The van der Waals surface area contributed by atoms with E-state index in [0.29, 0.717) is 11.1 Å². The maximum atomic E-state index is 13.6. The number of nitro groups is 1. The molecule has 1 fully saturated rings. The second-order valence-corrected chi connectivity index (χ2v) is 11.9. The smallest absolute Gasteiger partial charge is 0.410 e. The summed E-state index contributed by atoms with van der Waals surface area (Å²) in [6.45, 7) is 9.85. The number of anilines is 1. The number of ketones is 1. The van der Waals surface area contributed by atoms with Crippen LogP contribution in [-0.4, -0.2) is 88.7 Å². The summed E-state index contributed by atoms with van der Waals surface area (Å²) in [6.07, 6.45) is 0.148. The van der Waals surface area contributed by atoms with Crippen molar-refractivity contribution in [3.8, 4) is 0 Å². The van der Waals surface area contributed by atoms with E-state index in [9.17, 15) is 33.7 Å². The lowest BCUT2D eigenvalue weighted by molar-refractivity contribution is -0.384. The molecule has 1 aliphatic heterocycles. The number of carbonyl (C=O) groups is 4. The van der Waals surface area contributed by atoms with E-state index in [4.69, 9.17) is 9.47 Å².